The zero-order valence-electron chi connectivity index (χ0n) is 15.3. The number of methoxy groups -OCH3 is 1. The summed E-state index contributed by atoms with van der Waals surface area (Å²) in [6.45, 7) is 3.89. The number of H-pyrrole nitrogens is 1. The molecule has 3 rings (SSSR count). The lowest BCUT2D eigenvalue weighted by Gasteiger charge is -2.32. The van der Waals surface area contributed by atoms with Gasteiger partial charge in [-0.05, 0) is 31.0 Å². The Labute approximate surface area is 154 Å². The van der Waals surface area contributed by atoms with Crippen molar-refractivity contribution in [2.75, 3.05) is 26.7 Å². The average Bonchev–Trinajstić information content (AvgIpc) is 3.17. The smallest absolute Gasteiger partial charge is 0.234 e. The lowest BCUT2D eigenvalue weighted by atomic mass is 10.0. The molecule has 0 bridgehead atoms. The predicted molar refractivity (Wildman–Crippen MR) is 102 cm³/mol. The maximum atomic E-state index is 12.1. The number of likely N-dealkylation sites (tertiary alicyclic amines) is 1. The number of amides is 1. The van der Waals surface area contributed by atoms with Crippen molar-refractivity contribution in [3.8, 4) is 5.75 Å². The van der Waals surface area contributed by atoms with E-state index in [1.807, 2.05) is 36.5 Å². The molecule has 0 atom stereocenters. The van der Waals surface area contributed by atoms with Gasteiger partial charge in [-0.1, -0.05) is 18.2 Å². The van der Waals surface area contributed by atoms with Crippen LogP contribution in [0.4, 0.5) is 0 Å². The van der Waals surface area contributed by atoms with Crippen molar-refractivity contribution in [3.05, 3.63) is 53.9 Å². The molecule has 1 amide bonds. The van der Waals surface area contributed by atoms with Crippen molar-refractivity contribution in [2.45, 2.75) is 32.0 Å². The fourth-order valence-corrected chi connectivity index (χ4v) is 3.38. The van der Waals surface area contributed by atoms with Crippen molar-refractivity contribution < 1.29 is 9.53 Å². The number of nitrogens with one attached hydrogen (secondary N) is 3. The van der Waals surface area contributed by atoms with Crippen LogP contribution in [0.1, 0.15) is 24.1 Å². The summed E-state index contributed by atoms with van der Waals surface area (Å²) < 4.78 is 5.43. The highest BCUT2D eigenvalue weighted by molar-refractivity contribution is 5.78. The molecule has 6 heteroatoms. The van der Waals surface area contributed by atoms with Gasteiger partial charge in [0.2, 0.25) is 5.91 Å². The van der Waals surface area contributed by atoms with Crippen LogP contribution < -0.4 is 15.4 Å². The van der Waals surface area contributed by atoms with Crippen molar-refractivity contribution in [2.24, 2.45) is 0 Å². The van der Waals surface area contributed by atoms with Crippen LogP contribution >= 0.6 is 0 Å². The van der Waals surface area contributed by atoms with E-state index in [0.29, 0.717) is 13.1 Å². The Kier molecular flexibility index (Phi) is 6.68. The predicted octanol–water partition coefficient (Wildman–Crippen LogP) is 1.89. The van der Waals surface area contributed by atoms with Gasteiger partial charge in [-0.15, -0.1) is 0 Å². The number of benzene rings is 1. The SMILES string of the molecule is COc1ccccc1CN1CCC(NC(=O)CNCc2ccc[nH]2)CC1. The van der Waals surface area contributed by atoms with Gasteiger partial charge in [0.05, 0.1) is 13.7 Å². The van der Waals surface area contributed by atoms with Crippen molar-refractivity contribution in [3.63, 3.8) is 0 Å². The average molecular weight is 356 g/mol. The Morgan fingerprint density at radius 3 is 2.77 bits per heavy atom. The molecule has 0 spiro atoms. The number of rotatable bonds is 8. The number of aromatic nitrogens is 1. The lowest BCUT2D eigenvalue weighted by Crippen LogP contribution is -2.46. The number of para-hydroxylation sites is 1. The number of hydrogen-bond donors (Lipinski definition) is 3. The number of hydrogen-bond acceptors (Lipinski definition) is 4. The first-order chi connectivity index (χ1) is 12.7. The Hall–Kier alpha value is -2.31. The van der Waals surface area contributed by atoms with Gasteiger partial charge in [0.1, 0.15) is 5.75 Å². The highest BCUT2D eigenvalue weighted by Crippen LogP contribution is 2.21. The van der Waals surface area contributed by atoms with E-state index in [1.165, 1.54) is 5.56 Å². The summed E-state index contributed by atoms with van der Waals surface area (Å²) in [6.07, 6.45) is 3.85. The van der Waals surface area contributed by atoms with E-state index in [0.717, 1.165) is 43.9 Å². The van der Waals surface area contributed by atoms with Crippen LogP contribution in [-0.4, -0.2) is 48.6 Å². The lowest BCUT2D eigenvalue weighted by molar-refractivity contribution is -0.121. The largest absolute Gasteiger partial charge is 0.496 e. The van der Waals surface area contributed by atoms with E-state index < -0.39 is 0 Å². The van der Waals surface area contributed by atoms with E-state index in [-0.39, 0.29) is 11.9 Å². The summed E-state index contributed by atoms with van der Waals surface area (Å²) in [5, 5.41) is 6.31. The second-order valence-corrected chi connectivity index (χ2v) is 6.73. The van der Waals surface area contributed by atoms with Crippen LogP contribution in [0.25, 0.3) is 0 Å². The fraction of sp³-hybridized carbons (Fsp3) is 0.450. The molecule has 1 saturated heterocycles. The van der Waals surface area contributed by atoms with Crippen LogP contribution in [0.2, 0.25) is 0 Å². The molecule has 6 nitrogen and oxygen atoms in total. The minimum atomic E-state index is 0.0692. The quantitative estimate of drug-likeness (QED) is 0.676. The molecule has 140 valence electrons. The molecule has 3 N–H and O–H groups in total. The van der Waals surface area contributed by atoms with E-state index >= 15 is 0 Å². The van der Waals surface area contributed by atoms with E-state index in [9.17, 15) is 4.79 Å². The maximum Gasteiger partial charge on any atom is 0.234 e. The Morgan fingerprint density at radius 2 is 2.04 bits per heavy atom. The van der Waals surface area contributed by atoms with E-state index in [1.54, 1.807) is 7.11 Å². The zero-order valence-corrected chi connectivity index (χ0v) is 15.3. The van der Waals surface area contributed by atoms with Gasteiger partial charge in [0, 0.05) is 49.7 Å². The molecule has 0 saturated carbocycles. The Morgan fingerprint density at radius 1 is 1.23 bits per heavy atom. The summed E-state index contributed by atoms with van der Waals surface area (Å²) >= 11 is 0. The zero-order chi connectivity index (χ0) is 18.2. The first-order valence-electron chi connectivity index (χ1n) is 9.21. The van der Waals surface area contributed by atoms with Crippen LogP contribution in [0, 0.1) is 0 Å². The van der Waals surface area contributed by atoms with Crippen molar-refractivity contribution >= 4 is 5.91 Å². The van der Waals surface area contributed by atoms with Gasteiger partial charge in [-0.25, -0.2) is 0 Å². The highest BCUT2D eigenvalue weighted by atomic mass is 16.5. The topological polar surface area (TPSA) is 69.4 Å². The normalized spacial score (nSPS) is 15.7. The molecular formula is C20H28N4O2. The summed E-state index contributed by atoms with van der Waals surface area (Å²) in [5.74, 6) is 1.01. The number of nitrogens with zero attached hydrogens (tertiary/aromatic N) is 1. The number of aromatic amines is 1. The molecule has 26 heavy (non-hydrogen) atoms. The van der Waals surface area contributed by atoms with Gasteiger partial charge in [-0.3, -0.25) is 9.69 Å². The second-order valence-electron chi connectivity index (χ2n) is 6.73. The second kappa shape index (κ2) is 9.40. The van der Waals surface area contributed by atoms with Crippen molar-refractivity contribution in [1.82, 2.24) is 20.5 Å². The van der Waals surface area contributed by atoms with Gasteiger partial charge in [0.25, 0.3) is 0 Å². The van der Waals surface area contributed by atoms with Crippen molar-refractivity contribution in [1.29, 1.82) is 0 Å². The minimum Gasteiger partial charge on any atom is -0.496 e. The monoisotopic (exact) mass is 356 g/mol. The summed E-state index contributed by atoms with van der Waals surface area (Å²) in [6, 6.07) is 12.4. The molecule has 1 aromatic carbocycles. The third kappa shape index (κ3) is 5.34. The van der Waals surface area contributed by atoms with Crippen LogP contribution in [0.3, 0.4) is 0 Å². The third-order valence-corrected chi connectivity index (χ3v) is 4.80. The summed E-state index contributed by atoms with van der Waals surface area (Å²) in [4.78, 5) is 17.6. The fourth-order valence-electron chi connectivity index (χ4n) is 3.38. The molecule has 1 aliphatic rings. The summed E-state index contributed by atoms with van der Waals surface area (Å²) in [7, 11) is 1.71. The van der Waals surface area contributed by atoms with E-state index in [4.69, 9.17) is 4.74 Å². The van der Waals surface area contributed by atoms with E-state index in [2.05, 4.69) is 26.6 Å². The van der Waals surface area contributed by atoms with Crippen LogP contribution in [0.15, 0.2) is 42.6 Å². The molecule has 1 fully saturated rings. The number of carbonyl (C=O) groups excluding carboxylic acids is 1. The van der Waals surface area contributed by atoms with Crippen LogP contribution in [0.5, 0.6) is 5.75 Å². The number of ether oxygens (including phenoxy) is 1. The summed E-state index contributed by atoms with van der Waals surface area (Å²) in [5.41, 5.74) is 2.30. The molecule has 0 unspecified atom stereocenters. The van der Waals surface area contributed by atoms with Gasteiger partial charge < -0.3 is 20.4 Å². The molecule has 2 aromatic rings. The Bertz CT molecular complexity index is 679. The Balaban J connectivity index is 1.36. The van der Waals surface area contributed by atoms with Gasteiger partial charge in [0.15, 0.2) is 0 Å². The number of carbonyl (C=O) groups is 1. The molecule has 1 aliphatic heterocycles. The number of piperidine rings is 1. The molecule has 1 aromatic heterocycles. The van der Waals surface area contributed by atoms with Gasteiger partial charge in [-0.2, -0.15) is 0 Å². The van der Waals surface area contributed by atoms with Gasteiger partial charge >= 0.3 is 0 Å². The molecule has 0 radical (unpaired) electrons. The maximum absolute atomic E-state index is 12.1. The first kappa shape index (κ1) is 18.5. The molecule has 2 heterocycles. The standard InChI is InChI=1S/C20H28N4O2/c1-26-19-7-3-2-5-16(19)15-24-11-8-17(9-12-24)23-20(25)14-21-13-18-6-4-10-22-18/h2-7,10,17,21-22H,8-9,11-15H2,1H3,(H,23,25). The third-order valence-electron chi connectivity index (χ3n) is 4.80. The highest BCUT2D eigenvalue weighted by Gasteiger charge is 2.21. The minimum absolute atomic E-state index is 0.0692. The molecule has 0 aliphatic carbocycles. The first-order valence-corrected chi connectivity index (χ1v) is 9.21. The molecular weight excluding hydrogens is 328 g/mol. The van der Waals surface area contributed by atoms with Crippen LogP contribution in [-0.2, 0) is 17.9 Å².